The van der Waals surface area contributed by atoms with Gasteiger partial charge in [0.1, 0.15) is 0 Å². The SMILES string of the molecule is CCCN(C)C(=O)CC(C)(C)OCCC(C)(C)N(C)C(=O)CCCN. The second-order valence-corrected chi connectivity index (χ2v) is 8.01. The molecule has 0 aromatic heterocycles. The molecule has 0 bridgehead atoms. The Morgan fingerprint density at radius 2 is 1.68 bits per heavy atom. The zero-order chi connectivity index (χ0) is 19.7. The van der Waals surface area contributed by atoms with Crippen molar-refractivity contribution in [2.45, 2.75) is 77.9 Å². The van der Waals surface area contributed by atoms with Crippen LogP contribution >= 0.6 is 0 Å². The molecule has 0 aliphatic heterocycles. The number of ether oxygens (including phenoxy) is 1. The van der Waals surface area contributed by atoms with Gasteiger partial charge in [-0.05, 0) is 53.5 Å². The maximum Gasteiger partial charge on any atom is 0.225 e. The lowest BCUT2D eigenvalue weighted by Crippen LogP contribution is -2.46. The lowest BCUT2D eigenvalue weighted by molar-refractivity contribution is -0.138. The monoisotopic (exact) mass is 357 g/mol. The summed E-state index contributed by atoms with van der Waals surface area (Å²) in [6.07, 6.45) is 3.19. The minimum absolute atomic E-state index is 0.0974. The summed E-state index contributed by atoms with van der Waals surface area (Å²) in [6.45, 7) is 11.8. The van der Waals surface area contributed by atoms with Gasteiger partial charge in [0.25, 0.3) is 0 Å². The number of carbonyl (C=O) groups excluding carboxylic acids is 2. The number of hydrogen-bond donors (Lipinski definition) is 1. The molecule has 6 heteroatoms. The molecule has 2 amide bonds. The number of rotatable bonds is 12. The van der Waals surface area contributed by atoms with E-state index in [1.54, 1.807) is 9.80 Å². The van der Waals surface area contributed by atoms with Gasteiger partial charge >= 0.3 is 0 Å². The Balaban J connectivity index is 4.45. The van der Waals surface area contributed by atoms with Gasteiger partial charge in [0, 0.05) is 39.2 Å². The minimum Gasteiger partial charge on any atom is -0.375 e. The van der Waals surface area contributed by atoms with E-state index in [0.29, 0.717) is 38.8 Å². The van der Waals surface area contributed by atoms with Crippen LogP contribution in [0.3, 0.4) is 0 Å². The second-order valence-electron chi connectivity index (χ2n) is 8.01. The molecular formula is C19H39N3O3. The third-order valence-electron chi connectivity index (χ3n) is 4.65. The summed E-state index contributed by atoms with van der Waals surface area (Å²) in [4.78, 5) is 27.9. The van der Waals surface area contributed by atoms with Crippen molar-refractivity contribution in [3.8, 4) is 0 Å². The van der Waals surface area contributed by atoms with Gasteiger partial charge in [0.05, 0.1) is 12.0 Å². The molecule has 0 aromatic carbocycles. The first-order valence-corrected chi connectivity index (χ1v) is 9.31. The van der Waals surface area contributed by atoms with Crippen LogP contribution in [0, 0.1) is 0 Å². The maximum absolute atomic E-state index is 12.2. The third-order valence-corrected chi connectivity index (χ3v) is 4.65. The van der Waals surface area contributed by atoms with Crippen LogP contribution in [0.5, 0.6) is 0 Å². The van der Waals surface area contributed by atoms with Crippen LogP contribution in [0.4, 0.5) is 0 Å². The van der Waals surface area contributed by atoms with E-state index in [0.717, 1.165) is 13.0 Å². The first-order valence-electron chi connectivity index (χ1n) is 9.31. The highest BCUT2D eigenvalue weighted by Gasteiger charge is 2.29. The standard InChI is InChI=1S/C19H39N3O3/c1-8-13-21(6)17(24)15-19(4,5)25-14-11-18(2,3)22(7)16(23)10-9-12-20/h8-15,20H2,1-7H3. The minimum atomic E-state index is -0.517. The zero-order valence-corrected chi connectivity index (χ0v) is 17.4. The zero-order valence-electron chi connectivity index (χ0n) is 17.4. The largest absolute Gasteiger partial charge is 0.375 e. The highest BCUT2D eigenvalue weighted by atomic mass is 16.5. The van der Waals surface area contributed by atoms with Crippen molar-refractivity contribution in [2.75, 3.05) is 33.8 Å². The number of hydrogen-bond acceptors (Lipinski definition) is 4. The molecule has 0 radical (unpaired) electrons. The molecule has 6 nitrogen and oxygen atoms in total. The lowest BCUT2D eigenvalue weighted by atomic mass is 9.98. The smallest absolute Gasteiger partial charge is 0.225 e. The van der Waals surface area contributed by atoms with Crippen LogP contribution in [-0.4, -0.2) is 66.5 Å². The van der Waals surface area contributed by atoms with Crippen molar-refractivity contribution in [3.63, 3.8) is 0 Å². The molecule has 25 heavy (non-hydrogen) atoms. The normalized spacial score (nSPS) is 12.2. The van der Waals surface area contributed by atoms with Crippen LogP contribution in [0.15, 0.2) is 0 Å². The van der Waals surface area contributed by atoms with Crippen LogP contribution in [-0.2, 0) is 14.3 Å². The first kappa shape index (κ1) is 23.9. The predicted octanol–water partition coefficient (Wildman–Crippen LogP) is 2.41. The highest BCUT2D eigenvalue weighted by molar-refractivity contribution is 5.77. The fourth-order valence-electron chi connectivity index (χ4n) is 2.51. The Labute approximate surface area is 154 Å². The molecule has 0 aliphatic rings. The van der Waals surface area contributed by atoms with Gasteiger partial charge in [-0.2, -0.15) is 0 Å². The quantitative estimate of drug-likeness (QED) is 0.582. The van der Waals surface area contributed by atoms with Crippen LogP contribution in [0.1, 0.15) is 66.7 Å². The van der Waals surface area contributed by atoms with E-state index in [1.165, 1.54) is 0 Å². The molecule has 0 atom stereocenters. The van der Waals surface area contributed by atoms with Crippen molar-refractivity contribution in [3.05, 3.63) is 0 Å². The molecule has 148 valence electrons. The summed E-state index contributed by atoms with van der Waals surface area (Å²) in [5.74, 6) is 0.200. The fourth-order valence-corrected chi connectivity index (χ4v) is 2.51. The van der Waals surface area contributed by atoms with E-state index in [9.17, 15) is 9.59 Å². The molecule has 0 saturated carbocycles. The topological polar surface area (TPSA) is 75.9 Å². The molecule has 2 N–H and O–H groups in total. The van der Waals surface area contributed by atoms with Crippen molar-refractivity contribution < 1.29 is 14.3 Å². The van der Waals surface area contributed by atoms with Gasteiger partial charge in [0.2, 0.25) is 11.8 Å². The van der Waals surface area contributed by atoms with Gasteiger partial charge in [-0.25, -0.2) is 0 Å². The maximum atomic E-state index is 12.2. The van der Waals surface area contributed by atoms with Crippen molar-refractivity contribution in [1.29, 1.82) is 0 Å². The Bertz CT molecular complexity index is 422. The fraction of sp³-hybridized carbons (Fsp3) is 0.895. The molecule has 0 saturated heterocycles. The summed E-state index contributed by atoms with van der Waals surface area (Å²) in [6, 6.07) is 0. The van der Waals surface area contributed by atoms with Crippen LogP contribution < -0.4 is 5.73 Å². The van der Waals surface area contributed by atoms with Gasteiger partial charge in [-0.15, -0.1) is 0 Å². The Hall–Kier alpha value is -1.14. The highest BCUT2D eigenvalue weighted by Crippen LogP contribution is 2.22. The molecule has 0 heterocycles. The van der Waals surface area contributed by atoms with E-state index in [2.05, 4.69) is 6.92 Å². The summed E-state index contributed by atoms with van der Waals surface area (Å²) in [5.41, 5.74) is 4.65. The Kier molecular flexibility index (Phi) is 10.3. The van der Waals surface area contributed by atoms with Gasteiger partial charge in [-0.1, -0.05) is 6.92 Å². The van der Waals surface area contributed by atoms with Crippen molar-refractivity contribution in [1.82, 2.24) is 9.80 Å². The summed E-state index contributed by atoms with van der Waals surface area (Å²) >= 11 is 0. The summed E-state index contributed by atoms with van der Waals surface area (Å²) in [7, 11) is 3.65. The lowest BCUT2D eigenvalue weighted by Gasteiger charge is -2.37. The van der Waals surface area contributed by atoms with Crippen molar-refractivity contribution >= 4 is 11.8 Å². The predicted molar refractivity (Wildman–Crippen MR) is 102 cm³/mol. The summed E-state index contributed by atoms with van der Waals surface area (Å²) in [5, 5.41) is 0. The molecular weight excluding hydrogens is 318 g/mol. The molecule has 0 rings (SSSR count). The van der Waals surface area contributed by atoms with Crippen molar-refractivity contribution in [2.24, 2.45) is 5.73 Å². The third kappa shape index (κ3) is 9.21. The number of carbonyl (C=O) groups is 2. The average Bonchev–Trinajstić information content (AvgIpc) is 2.50. The number of amides is 2. The molecule has 0 aliphatic carbocycles. The molecule has 0 fully saturated rings. The van der Waals surface area contributed by atoms with Gasteiger partial charge in [-0.3, -0.25) is 9.59 Å². The Morgan fingerprint density at radius 1 is 1.08 bits per heavy atom. The van der Waals surface area contributed by atoms with Crippen LogP contribution in [0.2, 0.25) is 0 Å². The first-order chi connectivity index (χ1) is 11.5. The number of nitrogens with two attached hydrogens (primary N) is 1. The van der Waals surface area contributed by atoms with Gasteiger partial charge in [0.15, 0.2) is 0 Å². The van der Waals surface area contributed by atoms with E-state index in [-0.39, 0.29) is 17.4 Å². The van der Waals surface area contributed by atoms with E-state index < -0.39 is 5.60 Å². The molecule has 0 unspecified atom stereocenters. The average molecular weight is 358 g/mol. The molecule has 0 aromatic rings. The Morgan fingerprint density at radius 3 is 2.20 bits per heavy atom. The van der Waals surface area contributed by atoms with Crippen LogP contribution in [0.25, 0.3) is 0 Å². The van der Waals surface area contributed by atoms with E-state index >= 15 is 0 Å². The number of nitrogens with zero attached hydrogens (tertiary/aromatic N) is 2. The second kappa shape index (κ2) is 10.8. The summed E-state index contributed by atoms with van der Waals surface area (Å²) < 4.78 is 5.97. The van der Waals surface area contributed by atoms with Gasteiger partial charge < -0.3 is 20.3 Å². The van der Waals surface area contributed by atoms with E-state index in [4.69, 9.17) is 10.5 Å². The molecule has 0 spiro atoms. The van der Waals surface area contributed by atoms with E-state index in [1.807, 2.05) is 41.8 Å².